The monoisotopic (exact) mass is 378 g/mol. The van der Waals surface area contributed by atoms with Crippen molar-refractivity contribution < 1.29 is 9.34 Å². The molecule has 1 aromatic heterocycles. The fraction of sp³-hybridized carbons (Fsp3) is 0.190. The van der Waals surface area contributed by atoms with E-state index in [4.69, 9.17) is 4.42 Å². The Morgan fingerprint density at radius 1 is 1.11 bits per heavy atom. The lowest BCUT2D eigenvalue weighted by Crippen LogP contribution is -2.38. The molecule has 2 N–H and O–H groups in total. The first-order chi connectivity index (χ1) is 13.6. The highest BCUT2D eigenvalue weighted by molar-refractivity contribution is 5.80. The normalized spacial score (nSPS) is 12.4. The molecule has 0 aliphatic carbocycles. The zero-order chi connectivity index (χ0) is 19.8. The molecule has 0 spiro atoms. The number of rotatable bonds is 7. The number of nitro groups is 1. The van der Waals surface area contributed by atoms with Gasteiger partial charge in [0.05, 0.1) is 30.3 Å². The van der Waals surface area contributed by atoms with Crippen LogP contribution in [0.1, 0.15) is 29.9 Å². The van der Waals surface area contributed by atoms with E-state index in [1.54, 1.807) is 18.4 Å². The van der Waals surface area contributed by atoms with Crippen LogP contribution in [0.3, 0.4) is 0 Å². The highest BCUT2D eigenvalue weighted by atomic mass is 16.6. The average molecular weight is 378 g/mol. The summed E-state index contributed by atoms with van der Waals surface area (Å²) in [4.78, 5) is 15.0. The second kappa shape index (κ2) is 9.36. The fourth-order valence-corrected chi connectivity index (χ4v) is 2.66. The second-order valence-corrected chi connectivity index (χ2v) is 6.30. The van der Waals surface area contributed by atoms with Crippen LogP contribution in [-0.2, 0) is 13.1 Å². The fourth-order valence-electron chi connectivity index (χ4n) is 2.66. The minimum absolute atomic E-state index is 0.0564. The molecule has 0 radical (unpaired) electrons. The van der Waals surface area contributed by atoms with E-state index in [0.29, 0.717) is 19.0 Å². The van der Waals surface area contributed by atoms with Crippen LogP contribution in [0.25, 0.3) is 0 Å². The number of furan rings is 1. The minimum Gasteiger partial charge on any atom is -0.467 e. The van der Waals surface area contributed by atoms with E-state index in [-0.39, 0.29) is 11.7 Å². The van der Waals surface area contributed by atoms with Crippen molar-refractivity contribution >= 4 is 11.6 Å². The Bertz CT molecular complexity index is 907. The molecule has 0 bridgehead atoms. The van der Waals surface area contributed by atoms with Crippen molar-refractivity contribution in [3.05, 3.63) is 100.0 Å². The molecule has 28 heavy (non-hydrogen) atoms. The molecule has 3 aromatic rings. The molecule has 7 heteroatoms. The predicted molar refractivity (Wildman–Crippen MR) is 108 cm³/mol. The minimum atomic E-state index is -0.410. The molecule has 7 nitrogen and oxygen atoms in total. The molecular formula is C21H22N4O3. The van der Waals surface area contributed by atoms with Gasteiger partial charge in [0.1, 0.15) is 5.76 Å². The molecule has 0 aliphatic heterocycles. The average Bonchev–Trinajstić information content (AvgIpc) is 3.24. The standard InChI is InChI=1S/C21H22N4O3/c1-16(18-6-3-2-4-7-18)24-21(23-15-20-8-5-13-28-20)22-14-17-9-11-19(12-10-17)25(26)27/h2-13,16H,14-15H2,1H3,(H2,22,23,24). The summed E-state index contributed by atoms with van der Waals surface area (Å²) < 4.78 is 5.36. The van der Waals surface area contributed by atoms with E-state index >= 15 is 0 Å². The Hall–Kier alpha value is -3.61. The maximum atomic E-state index is 10.8. The molecule has 0 amide bonds. The lowest BCUT2D eigenvalue weighted by Gasteiger charge is -2.18. The molecule has 3 rings (SSSR count). The number of hydrogen-bond acceptors (Lipinski definition) is 4. The molecule has 2 aromatic carbocycles. The lowest BCUT2D eigenvalue weighted by molar-refractivity contribution is -0.384. The van der Waals surface area contributed by atoms with Crippen molar-refractivity contribution in [2.75, 3.05) is 0 Å². The van der Waals surface area contributed by atoms with Crippen molar-refractivity contribution in [2.24, 2.45) is 4.99 Å². The summed E-state index contributed by atoms with van der Waals surface area (Å²) in [6.45, 7) is 2.96. The molecule has 0 saturated carbocycles. The van der Waals surface area contributed by atoms with Gasteiger partial charge in [-0.1, -0.05) is 42.5 Å². The van der Waals surface area contributed by atoms with Crippen LogP contribution in [0.15, 0.2) is 82.4 Å². The summed E-state index contributed by atoms with van der Waals surface area (Å²) in [5.74, 6) is 1.43. The molecular weight excluding hydrogens is 356 g/mol. The number of nitro benzene ring substituents is 1. The number of hydrogen-bond donors (Lipinski definition) is 2. The van der Waals surface area contributed by atoms with Gasteiger partial charge in [-0.3, -0.25) is 10.1 Å². The van der Waals surface area contributed by atoms with E-state index in [2.05, 4.69) is 34.7 Å². The Morgan fingerprint density at radius 2 is 1.86 bits per heavy atom. The number of aliphatic imine (C=N–C) groups is 1. The SMILES string of the molecule is CC(NC(=NCc1ccc([N+](=O)[O-])cc1)NCc1ccco1)c1ccccc1. The summed E-state index contributed by atoms with van der Waals surface area (Å²) in [7, 11) is 0. The van der Waals surface area contributed by atoms with Crippen LogP contribution in [0, 0.1) is 10.1 Å². The molecule has 0 saturated heterocycles. The van der Waals surface area contributed by atoms with Crippen molar-refractivity contribution in [3.8, 4) is 0 Å². The van der Waals surface area contributed by atoms with Crippen LogP contribution in [0.4, 0.5) is 5.69 Å². The first-order valence-electron chi connectivity index (χ1n) is 8.97. The van der Waals surface area contributed by atoms with E-state index in [1.807, 2.05) is 30.3 Å². The lowest BCUT2D eigenvalue weighted by atomic mass is 10.1. The van der Waals surface area contributed by atoms with Crippen LogP contribution < -0.4 is 10.6 Å². The van der Waals surface area contributed by atoms with Gasteiger partial charge in [0.25, 0.3) is 5.69 Å². The van der Waals surface area contributed by atoms with Gasteiger partial charge < -0.3 is 15.1 Å². The van der Waals surface area contributed by atoms with E-state index in [0.717, 1.165) is 16.9 Å². The third kappa shape index (κ3) is 5.44. The number of nitrogens with zero attached hydrogens (tertiary/aromatic N) is 2. The van der Waals surface area contributed by atoms with Crippen molar-refractivity contribution in [2.45, 2.75) is 26.1 Å². The maximum Gasteiger partial charge on any atom is 0.269 e. The Kier molecular flexibility index (Phi) is 6.41. The molecule has 1 atom stereocenters. The number of benzene rings is 2. The second-order valence-electron chi connectivity index (χ2n) is 6.30. The molecule has 144 valence electrons. The Labute approximate surface area is 163 Å². The Balaban J connectivity index is 1.70. The largest absolute Gasteiger partial charge is 0.467 e. The summed E-state index contributed by atoms with van der Waals surface area (Å²) in [6, 6.07) is 20.3. The number of non-ortho nitro benzene ring substituents is 1. The summed E-state index contributed by atoms with van der Waals surface area (Å²) >= 11 is 0. The Morgan fingerprint density at radius 3 is 2.50 bits per heavy atom. The van der Waals surface area contributed by atoms with Gasteiger partial charge in [0.2, 0.25) is 0 Å². The topological polar surface area (TPSA) is 92.7 Å². The summed E-state index contributed by atoms with van der Waals surface area (Å²) in [5, 5.41) is 17.4. The van der Waals surface area contributed by atoms with Gasteiger partial charge in [-0.15, -0.1) is 0 Å². The van der Waals surface area contributed by atoms with Gasteiger partial charge in [-0.25, -0.2) is 4.99 Å². The van der Waals surface area contributed by atoms with Crippen LogP contribution in [0.5, 0.6) is 0 Å². The van der Waals surface area contributed by atoms with Gasteiger partial charge in [-0.05, 0) is 30.2 Å². The predicted octanol–water partition coefficient (Wildman–Crippen LogP) is 4.18. The molecule has 0 aliphatic rings. The number of guanidine groups is 1. The van der Waals surface area contributed by atoms with E-state index in [1.165, 1.54) is 12.1 Å². The van der Waals surface area contributed by atoms with Gasteiger partial charge >= 0.3 is 0 Å². The van der Waals surface area contributed by atoms with E-state index < -0.39 is 4.92 Å². The van der Waals surface area contributed by atoms with Crippen LogP contribution >= 0.6 is 0 Å². The zero-order valence-electron chi connectivity index (χ0n) is 15.5. The van der Waals surface area contributed by atoms with Gasteiger partial charge in [0, 0.05) is 12.1 Å². The quantitative estimate of drug-likeness (QED) is 0.278. The maximum absolute atomic E-state index is 10.8. The van der Waals surface area contributed by atoms with Crippen molar-refractivity contribution in [1.82, 2.24) is 10.6 Å². The van der Waals surface area contributed by atoms with Crippen LogP contribution in [0.2, 0.25) is 0 Å². The van der Waals surface area contributed by atoms with Gasteiger partial charge in [0.15, 0.2) is 5.96 Å². The zero-order valence-corrected chi connectivity index (χ0v) is 15.5. The molecule has 0 fully saturated rings. The highest BCUT2D eigenvalue weighted by Crippen LogP contribution is 2.13. The third-order valence-electron chi connectivity index (χ3n) is 4.23. The molecule has 1 heterocycles. The third-order valence-corrected chi connectivity index (χ3v) is 4.23. The van der Waals surface area contributed by atoms with Crippen molar-refractivity contribution in [1.29, 1.82) is 0 Å². The van der Waals surface area contributed by atoms with Gasteiger partial charge in [-0.2, -0.15) is 0 Å². The van der Waals surface area contributed by atoms with E-state index in [9.17, 15) is 10.1 Å². The summed E-state index contributed by atoms with van der Waals surface area (Å²) in [6.07, 6.45) is 1.63. The first kappa shape index (κ1) is 19.2. The van der Waals surface area contributed by atoms with Crippen molar-refractivity contribution in [3.63, 3.8) is 0 Å². The number of nitrogens with one attached hydrogen (secondary N) is 2. The molecule has 1 unspecified atom stereocenters. The highest BCUT2D eigenvalue weighted by Gasteiger charge is 2.09. The first-order valence-corrected chi connectivity index (χ1v) is 8.97. The van der Waals surface area contributed by atoms with Crippen LogP contribution in [-0.4, -0.2) is 10.9 Å². The summed E-state index contributed by atoms with van der Waals surface area (Å²) in [5.41, 5.74) is 2.10. The smallest absolute Gasteiger partial charge is 0.269 e.